The van der Waals surface area contributed by atoms with Crippen molar-refractivity contribution >= 4 is 30.0 Å². The van der Waals surface area contributed by atoms with Crippen molar-refractivity contribution < 1.29 is 4.39 Å². The number of benzene rings is 1. The summed E-state index contributed by atoms with van der Waals surface area (Å²) in [7, 11) is 0. The van der Waals surface area contributed by atoms with Crippen molar-refractivity contribution in [3.63, 3.8) is 0 Å². The third-order valence-electron chi connectivity index (χ3n) is 2.49. The Morgan fingerprint density at radius 1 is 1.58 bits per heavy atom. The van der Waals surface area contributed by atoms with E-state index in [4.69, 9.17) is 23.8 Å². The summed E-state index contributed by atoms with van der Waals surface area (Å²) < 4.78 is 15.4. The molecule has 4 nitrogen and oxygen atoms in total. The molecular weight excluding hydrogens is 287 g/mol. The summed E-state index contributed by atoms with van der Waals surface area (Å²) in [6.07, 6.45) is 2.99. The zero-order valence-electron chi connectivity index (χ0n) is 10.2. The number of nitrogens with one attached hydrogen (secondary N) is 1. The van der Waals surface area contributed by atoms with Crippen LogP contribution in [0, 0.1) is 10.6 Å². The summed E-state index contributed by atoms with van der Waals surface area (Å²) in [5.74, 6) is 0.277. The lowest BCUT2D eigenvalue weighted by Crippen LogP contribution is -1.99. The van der Waals surface area contributed by atoms with E-state index in [1.807, 2.05) is 6.92 Å². The Labute approximate surface area is 119 Å². The summed E-state index contributed by atoms with van der Waals surface area (Å²) in [5.41, 5.74) is 0.231. The fraction of sp³-hybridized carbons (Fsp3) is 0.250. The number of aromatic amines is 1. The number of halogens is 2. The molecule has 19 heavy (non-hydrogen) atoms. The normalized spacial score (nSPS) is 11.3. The molecule has 2 aromatic rings. The first-order valence-electron chi connectivity index (χ1n) is 5.78. The molecule has 0 fully saturated rings. The minimum absolute atomic E-state index is 0.231. The number of hydrogen-bond acceptors (Lipinski definition) is 3. The maximum atomic E-state index is 13.6. The predicted octanol–water partition coefficient (Wildman–Crippen LogP) is 3.57. The number of rotatable bonds is 4. The van der Waals surface area contributed by atoms with Crippen LogP contribution in [0.25, 0.3) is 0 Å². The zero-order valence-corrected chi connectivity index (χ0v) is 11.8. The number of H-pyrrole nitrogens is 1. The Hall–Kier alpha value is -1.53. The van der Waals surface area contributed by atoms with Gasteiger partial charge in [-0.05, 0) is 30.8 Å². The fourth-order valence-corrected chi connectivity index (χ4v) is 1.99. The van der Waals surface area contributed by atoms with Gasteiger partial charge in [0.05, 0.1) is 11.2 Å². The van der Waals surface area contributed by atoms with E-state index in [1.165, 1.54) is 17.0 Å². The van der Waals surface area contributed by atoms with E-state index < -0.39 is 5.82 Å². The van der Waals surface area contributed by atoms with Crippen molar-refractivity contribution in [2.45, 2.75) is 19.8 Å². The van der Waals surface area contributed by atoms with Crippen LogP contribution in [-0.4, -0.2) is 21.1 Å². The van der Waals surface area contributed by atoms with Crippen molar-refractivity contribution in [2.75, 3.05) is 0 Å². The monoisotopic (exact) mass is 298 g/mol. The van der Waals surface area contributed by atoms with Gasteiger partial charge in [0.2, 0.25) is 4.77 Å². The first-order chi connectivity index (χ1) is 9.13. The number of aromatic nitrogens is 3. The van der Waals surface area contributed by atoms with Gasteiger partial charge in [-0.25, -0.2) is 4.39 Å². The van der Waals surface area contributed by atoms with Gasteiger partial charge in [0.1, 0.15) is 5.82 Å². The Kier molecular flexibility index (Phi) is 4.44. The summed E-state index contributed by atoms with van der Waals surface area (Å²) in [5, 5.41) is 11.2. The highest BCUT2D eigenvalue weighted by atomic mass is 35.5. The molecule has 7 heteroatoms. The molecule has 0 radical (unpaired) electrons. The van der Waals surface area contributed by atoms with Gasteiger partial charge in [0, 0.05) is 12.0 Å². The topological polar surface area (TPSA) is 46.0 Å². The molecule has 0 saturated carbocycles. The molecule has 2 rings (SSSR count). The van der Waals surface area contributed by atoms with Crippen LogP contribution in [0.5, 0.6) is 0 Å². The summed E-state index contributed by atoms with van der Waals surface area (Å²) in [6, 6.07) is 4.48. The van der Waals surface area contributed by atoms with E-state index in [9.17, 15) is 4.39 Å². The summed E-state index contributed by atoms with van der Waals surface area (Å²) >= 11 is 11.0. The molecule has 0 unspecified atom stereocenters. The molecule has 1 aromatic heterocycles. The smallest absolute Gasteiger partial charge is 0.216 e. The Morgan fingerprint density at radius 2 is 2.37 bits per heavy atom. The van der Waals surface area contributed by atoms with Gasteiger partial charge in [-0.2, -0.15) is 14.9 Å². The zero-order chi connectivity index (χ0) is 13.8. The van der Waals surface area contributed by atoms with Crippen molar-refractivity contribution in [3.8, 4) is 0 Å². The third kappa shape index (κ3) is 3.08. The van der Waals surface area contributed by atoms with Crippen LogP contribution in [0.3, 0.4) is 0 Å². The average Bonchev–Trinajstić information content (AvgIpc) is 2.71. The molecule has 0 aliphatic carbocycles. The van der Waals surface area contributed by atoms with Gasteiger partial charge < -0.3 is 0 Å². The minimum Gasteiger partial charge on any atom is -0.250 e. The van der Waals surface area contributed by atoms with Gasteiger partial charge in [0.25, 0.3) is 0 Å². The Balaban J connectivity index is 2.38. The highest BCUT2D eigenvalue weighted by Gasteiger charge is 2.06. The SMILES string of the molecule is CCCc1n[nH]c(=S)n1/N=C\c1c(F)cccc1Cl. The lowest BCUT2D eigenvalue weighted by Gasteiger charge is -2.01. The van der Waals surface area contributed by atoms with Crippen LogP contribution < -0.4 is 0 Å². The molecule has 0 amide bonds. The molecule has 0 aliphatic rings. The van der Waals surface area contributed by atoms with Gasteiger partial charge >= 0.3 is 0 Å². The van der Waals surface area contributed by atoms with E-state index >= 15 is 0 Å². The quantitative estimate of drug-likeness (QED) is 0.693. The largest absolute Gasteiger partial charge is 0.250 e. The van der Waals surface area contributed by atoms with E-state index in [-0.39, 0.29) is 5.56 Å². The Morgan fingerprint density at radius 3 is 3.05 bits per heavy atom. The maximum Gasteiger partial charge on any atom is 0.216 e. The Bertz CT molecular complexity index is 642. The number of hydrogen-bond donors (Lipinski definition) is 1. The van der Waals surface area contributed by atoms with Crippen molar-refractivity contribution in [1.29, 1.82) is 0 Å². The first-order valence-corrected chi connectivity index (χ1v) is 6.56. The number of aryl methyl sites for hydroxylation is 1. The molecule has 1 heterocycles. The van der Waals surface area contributed by atoms with E-state index in [0.29, 0.717) is 15.6 Å². The van der Waals surface area contributed by atoms with Gasteiger partial charge in [-0.3, -0.25) is 5.10 Å². The summed E-state index contributed by atoms with van der Waals surface area (Å²) in [4.78, 5) is 0. The highest BCUT2D eigenvalue weighted by Crippen LogP contribution is 2.16. The maximum absolute atomic E-state index is 13.6. The van der Waals surface area contributed by atoms with E-state index in [2.05, 4.69) is 15.3 Å². The van der Waals surface area contributed by atoms with Crippen LogP contribution in [0.2, 0.25) is 5.02 Å². The first kappa shape index (κ1) is 13.9. The van der Waals surface area contributed by atoms with Gasteiger partial charge in [-0.15, -0.1) is 0 Å². The summed E-state index contributed by atoms with van der Waals surface area (Å²) in [6.45, 7) is 2.03. The van der Waals surface area contributed by atoms with Crippen LogP contribution >= 0.6 is 23.8 Å². The molecule has 0 aliphatic heterocycles. The second kappa shape index (κ2) is 6.08. The lowest BCUT2D eigenvalue weighted by atomic mass is 10.2. The molecule has 100 valence electrons. The van der Waals surface area contributed by atoms with Gasteiger partial charge in [0.15, 0.2) is 5.82 Å². The molecule has 1 N–H and O–H groups in total. The highest BCUT2D eigenvalue weighted by molar-refractivity contribution is 7.71. The molecular formula is C12H12ClFN4S. The molecule has 0 saturated heterocycles. The predicted molar refractivity (Wildman–Crippen MR) is 75.8 cm³/mol. The third-order valence-corrected chi connectivity index (χ3v) is 3.09. The lowest BCUT2D eigenvalue weighted by molar-refractivity contribution is 0.625. The number of nitrogens with zero attached hydrogens (tertiary/aromatic N) is 3. The van der Waals surface area contributed by atoms with Crippen molar-refractivity contribution in [3.05, 3.63) is 45.2 Å². The van der Waals surface area contributed by atoms with E-state index in [1.54, 1.807) is 12.1 Å². The molecule has 0 atom stereocenters. The second-order valence-electron chi connectivity index (χ2n) is 3.89. The van der Waals surface area contributed by atoms with Crippen LogP contribution in [0.1, 0.15) is 24.7 Å². The van der Waals surface area contributed by atoms with Crippen molar-refractivity contribution in [1.82, 2.24) is 14.9 Å². The van der Waals surface area contributed by atoms with Crippen LogP contribution in [-0.2, 0) is 6.42 Å². The molecule has 1 aromatic carbocycles. The average molecular weight is 299 g/mol. The van der Waals surface area contributed by atoms with E-state index in [0.717, 1.165) is 12.8 Å². The minimum atomic E-state index is -0.427. The molecule has 0 bridgehead atoms. The molecule has 0 spiro atoms. The standard InChI is InChI=1S/C12H12ClFN4S/c1-2-4-11-16-17-12(19)18(11)15-7-8-9(13)5-3-6-10(8)14/h3,5-7H,2,4H2,1H3,(H,17,19)/b15-7-. The van der Waals surface area contributed by atoms with Crippen molar-refractivity contribution in [2.24, 2.45) is 5.10 Å². The fourth-order valence-electron chi connectivity index (χ4n) is 1.58. The second-order valence-corrected chi connectivity index (χ2v) is 4.68. The van der Waals surface area contributed by atoms with Crippen LogP contribution in [0.15, 0.2) is 23.3 Å². The van der Waals surface area contributed by atoms with Gasteiger partial charge in [-0.1, -0.05) is 24.6 Å². The van der Waals surface area contributed by atoms with Crippen LogP contribution in [0.4, 0.5) is 4.39 Å².